The molecule has 1 aromatic rings. The van der Waals surface area contributed by atoms with Gasteiger partial charge in [0.15, 0.2) is 0 Å². The van der Waals surface area contributed by atoms with Crippen molar-refractivity contribution in [2.75, 3.05) is 0 Å². The molecule has 0 saturated heterocycles. The number of aryl methyl sites for hydroxylation is 1. The highest BCUT2D eigenvalue weighted by atomic mass is 16.8. The van der Waals surface area contributed by atoms with Crippen molar-refractivity contribution in [3.63, 3.8) is 0 Å². The van der Waals surface area contributed by atoms with Gasteiger partial charge in [-0.05, 0) is 33.3 Å². The van der Waals surface area contributed by atoms with Gasteiger partial charge in [0.1, 0.15) is 5.60 Å². The van der Waals surface area contributed by atoms with E-state index in [9.17, 15) is 9.59 Å². The van der Waals surface area contributed by atoms with E-state index >= 15 is 0 Å². The Morgan fingerprint density at radius 1 is 1.20 bits per heavy atom. The largest absolute Gasteiger partial charge is 0.534 e. The molecule has 0 fully saturated rings. The zero-order chi connectivity index (χ0) is 15.3. The minimum absolute atomic E-state index is 0.0607. The van der Waals surface area contributed by atoms with E-state index in [1.54, 1.807) is 32.9 Å². The summed E-state index contributed by atoms with van der Waals surface area (Å²) in [7, 11) is 0. The predicted molar refractivity (Wildman–Crippen MR) is 72.1 cm³/mol. The summed E-state index contributed by atoms with van der Waals surface area (Å²) in [5.41, 5.74) is 1.02. The molecule has 6 nitrogen and oxygen atoms in total. The van der Waals surface area contributed by atoms with Crippen molar-refractivity contribution in [3.8, 4) is 0 Å². The van der Waals surface area contributed by atoms with Crippen molar-refractivity contribution >= 4 is 12.2 Å². The van der Waals surface area contributed by atoms with Crippen LogP contribution in [-0.2, 0) is 16.1 Å². The van der Waals surface area contributed by atoms with Gasteiger partial charge in [0.25, 0.3) is 0 Å². The van der Waals surface area contributed by atoms with E-state index in [-0.39, 0.29) is 6.54 Å². The van der Waals surface area contributed by atoms with Crippen LogP contribution in [0.5, 0.6) is 0 Å². The second kappa shape index (κ2) is 6.27. The maximum Gasteiger partial charge on any atom is 0.534 e. The van der Waals surface area contributed by atoms with Gasteiger partial charge in [-0.3, -0.25) is 4.84 Å². The van der Waals surface area contributed by atoms with E-state index in [1.165, 1.54) is 0 Å². The fourth-order valence-electron chi connectivity index (χ4n) is 1.36. The smallest absolute Gasteiger partial charge is 0.463 e. The molecule has 0 bridgehead atoms. The first-order valence-corrected chi connectivity index (χ1v) is 6.14. The number of rotatable bonds is 2. The Morgan fingerprint density at radius 2 is 1.75 bits per heavy atom. The third-order valence-corrected chi connectivity index (χ3v) is 2.23. The normalized spacial score (nSPS) is 10.8. The first-order chi connectivity index (χ1) is 9.17. The van der Waals surface area contributed by atoms with Gasteiger partial charge in [0.05, 0.1) is 6.54 Å². The highest BCUT2D eigenvalue weighted by molar-refractivity contribution is 5.67. The van der Waals surface area contributed by atoms with E-state index in [1.807, 2.05) is 19.1 Å². The molecule has 1 aromatic carbocycles. The first kappa shape index (κ1) is 15.8. The predicted octanol–water partition coefficient (Wildman–Crippen LogP) is 3.34. The molecule has 1 rings (SSSR count). The summed E-state index contributed by atoms with van der Waals surface area (Å²) >= 11 is 0. The van der Waals surface area contributed by atoms with Crippen LogP contribution in [0.2, 0.25) is 0 Å². The Bertz CT molecular complexity index is 475. The van der Waals surface area contributed by atoms with Crippen LogP contribution < -0.4 is 0 Å². The van der Waals surface area contributed by atoms with E-state index in [0.717, 1.165) is 5.56 Å². The Morgan fingerprint density at radius 3 is 2.20 bits per heavy atom. The van der Waals surface area contributed by atoms with Gasteiger partial charge in [-0.2, -0.15) is 0 Å². The SMILES string of the molecule is Cc1ccc(CN(OC(=O)OC(C)(C)C)C(=O)O)cc1. The van der Waals surface area contributed by atoms with Gasteiger partial charge < -0.3 is 9.84 Å². The minimum atomic E-state index is -1.36. The molecule has 110 valence electrons. The fourth-order valence-corrected chi connectivity index (χ4v) is 1.36. The summed E-state index contributed by atoms with van der Waals surface area (Å²) in [6, 6.07) is 7.24. The van der Waals surface area contributed by atoms with Crippen LogP contribution in [0.15, 0.2) is 24.3 Å². The molecule has 0 unspecified atom stereocenters. The van der Waals surface area contributed by atoms with Crippen LogP contribution in [0.25, 0.3) is 0 Å². The lowest BCUT2D eigenvalue weighted by molar-refractivity contribution is -0.127. The summed E-state index contributed by atoms with van der Waals surface area (Å²) < 4.78 is 4.91. The number of carbonyl (C=O) groups excluding carboxylic acids is 1. The second-order valence-electron chi connectivity index (χ2n) is 5.36. The Labute approximate surface area is 117 Å². The van der Waals surface area contributed by atoms with Crippen molar-refractivity contribution < 1.29 is 24.3 Å². The van der Waals surface area contributed by atoms with Crippen molar-refractivity contribution in [2.24, 2.45) is 0 Å². The van der Waals surface area contributed by atoms with E-state index in [2.05, 4.69) is 0 Å². The monoisotopic (exact) mass is 281 g/mol. The first-order valence-electron chi connectivity index (χ1n) is 6.14. The molecular weight excluding hydrogens is 262 g/mol. The molecule has 0 aliphatic heterocycles. The number of benzene rings is 1. The van der Waals surface area contributed by atoms with Gasteiger partial charge in [-0.15, -0.1) is 5.06 Å². The molecular formula is C14H19NO5. The molecule has 0 heterocycles. The molecule has 0 atom stereocenters. The number of nitrogens with zero attached hydrogens (tertiary/aromatic N) is 1. The maximum absolute atomic E-state index is 11.5. The number of amides is 1. The Balaban J connectivity index is 2.68. The van der Waals surface area contributed by atoms with Crippen molar-refractivity contribution in [2.45, 2.75) is 39.8 Å². The number of hydrogen-bond acceptors (Lipinski definition) is 4. The van der Waals surface area contributed by atoms with Crippen LogP contribution in [0.1, 0.15) is 31.9 Å². The lowest BCUT2D eigenvalue weighted by Gasteiger charge is -2.22. The molecule has 20 heavy (non-hydrogen) atoms. The summed E-state index contributed by atoms with van der Waals surface area (Å²) in [6.07, 6.45) is -2.41. The van der Waals surface area contributed by atoms with Crippen LogP contribution in [-0.4, -0.2) is 28.0 Å². The standard InChI is InChI=1S/C14H19NO5/c1-10-5-7-11(8-6-10)9-15(12(16)17)20-13(18)19-14(2,3)4/h5-8H,9H2,1-4H3,(H,16,17). The topological polar surface area (TPSA) is 76.1 Å². The van der Waals surface area contributed by atoms with Crippen LogP contribution in [0, 0.1) is 6.92 Å². The average molecular weight is 281 g/mol. The van der Waals surface area contributed by atoms with Gasteiger partial charge in [-0.25, -0.2) is 9.59 Å². The van der Waals surface area contributed by atoms with Crippen LogP contribution in [0.4, 0.5) is 9.59 Å². The lowest BCUT2D eigenvalue weighted by Crippen LogP contribution is -2.35. The van der Waals surface area contributed by atoms with Crippen LogP contribution in [0.3, 0.4) is 0 Å². The second-order valence-corrected chi connectivity index (χ2v) is 5.36. The third-order valence-electron chi connectivity index (χ3n) is 2.23. The number of ether oxygens (including phenoxy) is 1. The molecule has 6 heteroatoms. The summed E-state index contributed by atoms with van der Waals surface area (Å²) in [4.78, 5) is 27.2. The maximum atomic E-state index is 11.5. The van der Waals surface area contributed by atoms with E-state index in [0.29, 0.717) is 10.6 Å². The highest BCUT2D eigenvalue weighted by Crippen LogP contribution is 2.12. The molecule has 0 aromatic heterocycles. The summed E-state index contributed by atoms with van der Waals surface area (Å²) in [5, 5.41) is 9.57. The lowest BCUT2D eigenvalue weighted by atomic mass is 10.1. The van der Waals surface area contributed by atoms with Crippen LogP contribution >= 0.6 is 0 Å². The molecule has 0 aliphatic carbocycles. The molecule has 0 radical (unpaired) electrons. The Kier molecular flexibility index (Phi) is 4.96. The molecule has 1 N–H and O–H groups in total. The van der Waals surface area contributed by atoms with E-state index < -0.39 is 17.8 Å². The minimum Gasteiger partial charge on any atom is -0.463 e. The quantitative estimate of drug-likeness (QED) is 0.664. The van der Waals surface area contributed by atoms with Gasteiger partial charge >= 0.3 is 12.2 Å². The molecule has 0 saturated carbocycles. The number of carbonyl (C=O) groups is 2. The van der Waals surface area contributed by atoms with Gasteiger partial charge in [0, 0.05) is 0 Å². The summed E-state index contributed by atoms with van der Waals surface area (Å²) in [5.74, 6) is 0. The number of carboxylic acid groups (broad SMARTS) is 1. The Hall–Kier alpha value is -2.24. The zero-order valence-corrected chi connectivity index (χ0v) is 12.0. The highest BCUT2D eigenvalue weighted by Gasteiger charge is 2.23. The van der Waals surface area contributed by atoms with Crippen molar-refractivity contribution in [1.82, 2.24) is 5.06 Å². The third kappa shape index (κ3) is 5.60. The van der Waals surface area contributed by atoms with Crippen molar-refractivity contribution in [1.29, 1.82) is 0 Å². The summed E-state index contributed by atoms with van der Waals surface area (Å²) in [6.45, 7) is 6.86. The van der Waals surface area contributed by atoms with Gasteiger partial charge in [-0.1, -0.05) is 29.8 Å². The number of hydroxylamine groups is 2. The molecule has 0 aliphatic rings. The average Bonchev–Trinajstić information content (AvgIpc) is 2.28. The van der Waals surface area contributed by atoms with Gasteiger partial charge in [0.2, 0.25) is 0 Å². The molecule has 0 spiro atoms. The molecule has 1 amide bonds. The zero-order valence-electron chi connectivity index (χ0n) is 12.0. The number of hydrogen-bond donors (Lipinski definition) is 1. The van der Waals surface area contributed by atoms with Crippen molar-refractivity contribution in [3.05, 3.63) is 35.4 Å². The van der Waals surface area contributed by atoms with E-state index in [4.69, 9.17) is 14.7 Å². The fraction of sp³-hybridized carbons (Fsp3) is 0.429.